The van der Waals surface area contributed by atoms with E-state index in [9.17, 15) is 4.79 Å². The third-order valence-electron chi connectivity index (χ3n) is 5.98. The summed E-state index contributed by atoms with van der Waals surface area (Å²) in [6.45, 7) is 10.2. The SMILES string of the molecule is Cc1ccc(NC(=O)CCc2c(C)nn(-c3cc(N4CCCC4)ncn3)c2C)c(C)c1. The molecule has 0 atom stereocenters. The highest BCUT2D eigenvalue weighted by Crippen LogP contribution is 2.23. The molecule has 1 fully saturated rings. The summed E-state index contributed by atoms with van der Waals surface area (Å²) in [6.07, 6.45) is 5.06. The Hall–Kier alpha value is -3.22. The molecule has 3 heterocycles. The van der Waals surface area contributed by atoms with Gasteiger partial charge >= 0.3 is 0 Å². The third-order valence-corrected chi connectivity index (χ3v) is 5.98. The van der Waals surface area contributed by atoms with E-state index >= 15 is 0 Å². The number of nitrogens with zero attached hydrogens (tertiary/aromatic N) is 5. The van der Waals surface area contributed by atoms with E-state index in [2.05, 4.69) is 26.3 Å². The van der Waals surface area contributed by atoms with Crippen molar-refractivity contribution in [2.24, 2.45) is 0 Å². The molecule has 1 aliphatic rings. The number of amides is 1. The molecular weight excluding hydrogens is 388 g/mol. The van der Waals surface area contributed by atoms with Crippen LogP contribution in [-0.4, -0.2) is 38.7 Å². The molecule has 0 aliphatic carbocycles. The van der Waals surface area contributed by atoms with Crippen LogP contribution in [0.15, 0.2) is 30.6 Å². The summed E-state index contributed by atoms with van der Waals surface area (Å²) in [6, 6.07) is 8.05. The van der Waals surface area contributed by atoms with Crippen molar-refractivity contribution in [1.29, 1.82) is 0 Å². The second-order valence-electron chi connectivity index (χ2n) is 8.36. The predicted molar refractivity (Wildman–Crippen MR) is 123 cm³/mol. The standard InChI is InChI=1S/C24H30N6O/c1-16-7-9-21(17(2)13-16)27-24(31)10-8-20-18(3)28-30(19(20)4)23-14-22(25-15-26-23)29-11-5-6-12-29/h7,9,13-15H,5-6,8,10-12H2,1-4H3,(H,27,31). The molecule has 0 radical (unpaired) electrons. The predicted octanol–water partition coefficient (Wildman–Crippen LogP) is 4.07. The van der Waals surface area contributed by atoms with Crippen molar-refractivity contribution in [3.8, 4) is 5.82 Å². The number of hydrogen-bond acceptors (Lipinski definition) is 5. The number of aromatic nitrogens is 4. The fourth-order valence-corrected chi connectivity index (χ4v) is 4.24. The van der Waals surface area contributed by atoms with Crippen LogP contribution in [0, 0.1) is 27.7 Å². The molecule has 1 saturated heterocycles. The smallest absolute Gasteiger partial charge is 0.224 e. The average Bonchev–Trinajstić information content (AvgIpc) is 3.38. The second-order valence-corrected chi connectivity index (χ2v) is 8.36. The fourth-order valence-electron chi connectivity index (χ4n) is 4.24. The van der Waals surface area contributed by atoms with Crippen molar-refractivity contribution in [3.05, 3.63) is 58.7 Å². The molecule has 1 aromatic carbocycles. The Kier molecular flexibility index (Phi) is 6.02. The van der Waals surface area contributed by atoms with Crippen molar-refractivity contribution in [3.63, 3.8) is 0 Å². The average molecular weight is 419 g/mol. The zero-order chi connectivity index (χ0) is 22.0. The minimum Gasteiger partial charge on any atom is -0.356 e. The van der Waals surface area contributed by atoms with Gasteiger partial charge in [0.2, 0.25) is 5.91 Å². The van der Waals surface area contributed by atoms with Gasteiger partial charge in [0.05, 0.1) is 5.69 Å². The van der Waals surface area contributed by atoms with E-state index in [1.165, 1.54) is 18.4 Å². The highest BCUT2D eigenvalue weighted by Gasteiger charge is 2.18. The van der Waals surface area contributed by atoms with E-state index in [4.69, 9.17) is 5.10 Å². The van der Waals surface area contributed by atoms with Crippen LogP contribution in [-0.2, 0) is 11.2 Å². The summed E-state index contributed by atoms with van der Waals surface area (Å²) in [5, 5.41) is 7.74. The van der Waals surface area contributed by atoms with Crippen molar-refractivity contribution >= 4 is 17.4 Å². The number of benzene rings is 1. The highest BCUT2D eigenvalue weighted by atomic mass is 16.1. The molecule has 0 saturated carbocycles. The first-order valence-electron chi connectivity index (χ1n) is 10.9. The van der Waals surface area contributed by atoms with Gasteiger partial charge < -0.3 is 10.2 Å². The van der Waals surface area contributed by atoms with Gasteiger partial charge in [-0.2, -0.15) is 5.10 Å². The van der Waals surface area contributed by atoms with Gasteiger partial charge in [0.1, 0.15) is 12.1 Å². The zero-order valence-corrected chi connectivity index (χ0v) is 18.8. The van der Waals surface area contributed by atoms with Gasteiger partial charge in [0, 0.05) is 37.0 Å². The molecule has 1 N–H and O–H groups in total. The molecule has 7 nitrogen and oxygen atoms in total. The third kappa shape index (κ3) is 4.60. The van der Waals surface area contributed by atoms with Crippen LogP contribution in [0.2, 0.25) is 0 Å². The lowest BCUT2D eigenvalue weighted by atomic mass is 10.1. The van der Waals surface area contributed by atoms with E-state index in [0.29, 0.717) is 12.8 Å². The summed E-state index contributed by atoms with van der Waals surface area (Å²) in [7, 11) is 0. The van der Waals surface area contributed by atoms with Crippen molar-refractivity contribution in [2.45, 2.75) is 53.4 Å². The molecule has 2 aromatic heterocycles. The van der Waals surface area contributed by atoms with E-state index in [0.717, 1.165) is 52.9 Å². The Morgan fingerprint density at radius 3 is 2.52 bits per heavy atom. The Morgan fingerprint density at radius 2 is 1.77 bits per heavy atom. The van der Waals surface area contributed by atoms with Gasteiger partial charge in [0.15, 0.2) is 5.82 Å². The molecule has 0 bridgehead atoms. The first kappa shape index (κ1) is 21.0. The van der Waals surface area contributed by atoms with Gasteiger partial charge in [0.25, 0.3) is 0 Å². The fraction of sp³-hybridized carbons (Fsp3) is 0.417. The van der Waals surface area contributed by atoms with E-state index in [-0.39, 0.29) is 5.91 Å². The summed E-state index contributed by atoms with van der Waals surface area (Å²) < 4.78 is 1.87. The number of carbonyl (C=O) groups is 1. The van der Waals surface area contributed by atoms with Crippen molar-refractivity contribution < 1.29 is 4.79 Å². The number of nitrogens with one attached hydrogen (secondary N) is 1. The van der Waals surface area contributed by atoms with Crippen LogP contribution < -0.4 is 10.2 Å². The van der Waals surface area contributed by atoms with E-state index < -0.39 is 0 Å². The Balaban J connectivity index is 1.47. The molecule has 31 heavy (non-hydrogen) atoms. The Labute approximate surface area is 183 Å². The topological polar surface area (TPSA) is 75.9 Å². The lowest BCUT2D eigenvalue weighted by Gasteiger charge is -2.16. The molecule has 0 unspecified atom stereocenters. The molecule has 7 heteroatoms. The normalized spacial score (nSPS) is 13.6. The highest BCUT2D eigenvalue weighted by molar-refractivity contribution is 5.91. The minimum atomic E-state index is 0.0110. The lowest BCUT2D eigenvalue weighted by molar-refractivity contribution is -0.116. The van der Waals surface area contributed by atoms with Gasteiger partial charge in [-0.1, -0.05) is 17.7 Å². The number of hydrogen-bond donors (Lipinski definition) is 1. The molecule has 3 aromatic rings. The number of rotatable bonds is 6. The van der Waals surface area contributed by atoms with Gasteiger partial charge in [-0.15, -0.1) is 0 Å². The molecule has 1 amide bonds. The van der Waals surface area contributed by atoms with E-state index in [1.807, 2.05) is 50.6 Å². The molecule has 0 spiro atoms. The maximum Gasteiger partial charge on any atom is 0.224 e. The zero-order valence-electron chi connectivity index (χ0n) is 18.8. The maximum atomic E-state index is 12.5. The van der Waals surface area contributed by atoms with Gasteiger partial charge in [-0.05, 0) is 64.2 Å². The summed E-state index contributed by atoms with van der Waals surface area (Å²) >= 11 is 0. The largest absolute Gasteiger partial charge is 0.356 e. The summed E-state index contributed by atoms with van der Waals surface area (Å²) in [4.78, 5) is 23.7. The summed E-state index contributed by atoms with van der Waals surface area (Å²) in [5.74, 6) is 1.73. The van der Waals surface area contributed by atoms with Crippen LogP contribution in [0.5, 0.6) is 0 Å². The quantitative estimate of drug-likeness (QED) is 0.653. The summed E-state index contributed by atoms with van der Waals surface area (Å²) in [5.41, 5.74) is 6.17. The van der Waals surface area contributed by atoms with Gasteiger partial charge in [-0.25, -0.2) is 14.6 Å². The van der Waals surface area contributed by atoms with Crippen LogP contribution in [0.4, 0.5) is 11.5 Å². The number of aryl methyl sites for hydroxylation is 3. The van der Waals surface area contributed by atoms with Crippen molar-refractivity contribution in [1.82, 2.24) is 19.7 Å². The van der Waals surface area contributed by atoms with Crippen LogP contribution in [0.3, 0.4) is 0 Å². The Bertz CT molecular complexity index is 1100. The molecule has 1 aliphatic heterocycles. The molecular formula is C24H30N6O. The second kappa shape index (κ2) is 8.88. The van der Waals surface area contributed by atoms with Crippen LogP contribution in [0.1, 0.15) is 47.3 Å². The van der Waals surface area contributed by atoms with Crippen LogP contribution >= 0.6 is 0 Å². The lowest BCUT2D eigenvalue weighted by Crippen LogP contribution is -2.19. The first-order chi connectivity index (χ1) is 14.9. The number of anilines is 2. The maximum absolute atomic E-state index is 12.5. The van der Waals surface area contributed by atoms with Crippen molar-refractivity contribution in [2.75, 3.05) is 23.3 Å². The van der Waals surface area contributed by atoms with E-state index in [1.54, 1.807) is 6.33 Å². The number of carbonyl (C=O) groups excluding carboxylic acids is 1. The monoisotopic (exact) mass is 418 g/mol. The molecule has 162 valence electrons. The van der Waals surface area contributed by atoms with Crippen LogP contribution in [0.25, 0.3) is 5.82 Å². The first-order valence-corrected chi connectivity index (χ1v) is 10.9. The van der Waals surface area contributed by atoms with Gasteiger partial charge in [-0.3, -0.25) is 4.79 Å². The minimum absolute atomic E-state index is 0.0110. The Morgan fingerprint density at radius 1 is 1.03 bits per heavy atom. The molecule has 4 rings (SSSR count).